The molecule has 3 heteroatoms. The third-order valence-electron chi connectivity index (χ3n) is 2.74. The van der Waals surface area contributed by atoms with Crippen molar-refractivity contribution in [3.63, 3.8) is 0 Å². The van der Waals surface area contributed by atoms with Gasteiger partial charge in [-0.25, -0.2) is 0 Å². The fourth-order valence-corrected chi connectivity index (χ4v) is 1.82. The largest absolute Gasteiger partial charge is 0.292 e. The smallest absolute Gasteiger partial charge is 0.257 e. The van der Waals surface area contributed by atoms with Gasteiger partial charge in [-0.1, -0.05) is 37.3 Å². The summed E-state index contributed by atoms with van der Waals surface area (Å²) >= 11 is 0. The number of hydrogen-bond acceptors (Lipinski definition) is 2. The minimum Gasteiger partial charge on any atom is -0.292 e. The van der Waals surface area contributed by atoms with Gasteiger partial charge in [-0.15, -0.1) is 0 Å². The molecule has 92 valence electrons. The lowest BCUT2D eigenvalue weighted by Gasteiger charge is -2.04. The number of amides is 2. The zero-order valence-corrected chi connectivity index (χ0v) is 10.3. The minimum absolute atomic E-state index is 0.226. The zero-order valence-electron chi connectivity index (χ0n) is 10.3. The van der Waals surface area contributed by atoms with Crippen molar-refractivity contribution in [1.82, 2.24) is 5.32 Å². The first-order valence-electron chi connectivity index (χ1n) is 6.03. The van der Waals surface area contributed by atoms with Crippen molar-refractivity contribution < 1.29 is 9.59 Å². The highest BCUT2D eigenvalue weighted by Crippen LogP contribution is 2.15. The van der Waals surface area contributed by atoms with E-state index in [4.69, 9.17) is 0 Å². The van der Waals surface area contributed by atoms with Crippen LogP contribution in [-0.4, -0.2) is 11.8 Å². The molecule has 0 heterocycles. The van der Waals surface area contributed by atoms with Gasteiger partial charge in [0.05, 0.1) is 0 Å². The number of hydrogen-bond donors (Lipinski definition) is 1. The van der Waals surface area contributed by atoms with Crippen molar-refractivity contribution >= 4 is 22.6 Å². The summed E-state index contributed by atoms with van der Waals surface area (Å²) in [6, 6.07) is 13.2. The van der Waals surface area contributed by atoms with E-state index in [2.05, 4.69) is 5.32 Å². The molecule has 2 aromatic rings. The predicted octanol–water partition coefficient (Wildman–Crippen LogP) is 2.90. The molecule has 0 aromatic heterocycles. The molecule has 2 rings (SSSR count). The Morgan fingerprint density at radius 3 is 2.50 bits per heavy atom. The fraction of sp³-hybridized carbons (Fsp3) is 0.200. The molecule has 3 nitrogen and oxygen atoms in total. The second-order valence-electron chi connectivity index (χ2n) is 4.19. The van der Waals surface area contributed by atoms with E-state index in [1.165, 1.54) is 0 Å². The van der Waals surface area contributed by atoms with Gasteiger partial charge in [-0.2, -0.15) is 0 Å². The van der Waals surface area contributed by atoms with Crippen LogP contribution in [0.5, 0.6) is 0 Å². The Morgan fingerprint density at radius 1 is 1.06 bits per heavy atom. The molecule has 0 fully saturated rings. The quantitative estimate of drug-likeness (QED) is 0.898. The Bertz CT molecular complexity index is 590. The number of fused-ring (bicyclic) bond motifs is 1. The Hall–Kier alpha value is -2.16. The maximum Gasteiger partial charge on any atom is 0.257 e. The van der Waals surface area contributed by atoms with Crippen LogP contribution in [-0.2, 0) is 4.79 Å². The average molecular weight is 241 g/mol. The molecule has 2 aromatic carbocycles. The first-order valence-corrected chi connectivity index (χ1v) is 6.03. The van der Waals surface area contributed by atoms with Crippen LogP contribution in [0.1, 0.15) is 30.1 Å². The number of carbonyl (C=O) groups is 2. The molecule has 1 N–H and O–H groups in total. The predicted molar refractivity (Wildman–Crippen MR) is 71.3 cm³/mol. The van der Waals surface area contributed by atoms with Crippen LogP contribution in [0.3, 0.4) is 0 Å². The summed E-state index contributed by atoms with van der Waals surface area (Å²) in [7, 11) is 0. The van der Waals surface area contributed by atoms with Crippen molar-refractivity contribution in [3.8, 4) is 0 Å². The molecule has 0 aliphatic rings. The van der Waals surface area contributed by atoms with Crippen molar-refractivity contribution in [3.05, 3.63) is 48.0 Å². The van der Waals surface area contributed by atoms with Gasteiger partial charge >= 0.3 is 0 Å². The maximum absolute atomic E-state index is 11.8. The normalized spacial score (nSPS) is 10.3. The van der Waals surface area contributed by atoms with Gasteiger partial charge in [0.15, 0.2) is 0 Å². The highest BCUT2D eigenvalue weighted by Gasteiger charge is 2.09. The summed E-state index contributed by atoms with van der Waals surface area (Å²) in [6.45, 7) is 1.90. The molecule has 0 atom stereocenters. The lowest BCUT2D eigenvalue weighted by atomic mass is 10.1. The van der Waals surface area contributed by atoms with Gasteiger partial charge in [0, 0.05) is 12.0 Å². The summed E-state index contributed by atoms with van der Waals surface area (Å²) in [6.07, 6.45) is 1.11. The molecule has 18 heavy (non-hydrogen) atoms. The molecule has 0 saturated heterocycles. The highest BCUT2D eigenvalue weighted by atomic mass is 16.2. The van der Waals surface area contributed by atoms with E-state index in [0.29, 0.717) is 12.0 Å². The third-order valence-corrected chi connectivity index (χ3v) is 2.74. The van der Waals surface area contributed by atoms with Crippen molar-refractivity contribution in [2.45, 2.75) is 19.8 Å². The first kappa shape index (κ1) is 12.3. The van der Waals surface area contributed by atoms with Crippen LogP contribution in [0.15, 0.2) is 42.5 Å². The van der Waals surface area contributed by atoms with E-state index in [9.17, 15) is 9.59 Å². The number of nitrogens with one attached hydrogen (secondary N) is 1. The number of benzene rings is 2. The molecule has 0 spiro atoms. The lowest BCUT2D eigenvalue weighted by molar-refractivity contribution is -0.120. The van der Waals surface area contributed by atoms with Crippen LogP contribution < -0.4 is 5.32 Å². The summed E-state index contributed by atoms with van der Waals surface area (Å²) in [5.41, 5.74) is 0.512. The maximum atomic E-state index is 11.8. The van der Waals surface area contributed by atoms with Crippen molar-refractivity contribution in [2.24, 2.45) is 0 Å². The van der Waals surface area contributed by atoms with Gasteiger partial charge in [0.25, 0.3) is 5.91 Å². The summed E-state index contributed by atoms with van der Waals surface area (Å²) in [5.74, 6) is -0.560. The van der Waals surface area contributed by atoms with E-state index in [-0.39, 0.29) is 11.8 Å². The van der Waals surface area contributed by atoms with E-state index in [1.54, 1.807) is 12.1 Å². The molecule has 0 saturated carbocycles. The standard InChI is InChI=1S/C15H15NO2/c1-2-5-14(17)16-15(18)13-9-8-11-6-3-4-7-12(11)10-13/h3-4,6-10H,2,5H2,1H3,(H,16,17,18). The van der Waals surface area contributed by atoms with E-state index in [0.717, 1.165) is 17.2 Å². The van der Waals surface area contributed by atoms with E-state index < -0.39 is 0 Å². The molecule has 0 aliphatic heterocycles. The highest BCUT2D eigenvalue weighted by molar-refractivity contribution is 6.06. The second-order valence-corrected chi connectivity index (χ2v) is 4.19. The molecule has 0 unspecified atom stereocenters. The fourth-order valence-electron chi connectivity index (χ4n) is 1.82. The first-order chi connectivity index (χ1) is 8.70. The number of imide groups is 1. The molecule has 2 amide bonds. The van der Waals surface area contributed by atoms with Crippen molar-refractivity contribution in [2.75, 3.05) is 0 Å². The summed E-state index contributed by atoms with van der Waals surface area (Å²) in [5, 5.41) is 4.46. The van der Waals surface area contributed by atoms with Crippen LogP contribution in [0, 0.1) is 0 Å². The summed E-state index contributed by atoms with van der Waals surface area (Å²) in [4.78, 5) is 23.2. The molecular formula is C15H15NO2. The third kappa shape index (κ3) is 2.74. The molecule has 0 bridgehead atoms. The Balaban J connectivity index is 2.20. The van der Waals surface area contributed by atoms with Gasteiger partial charge in [-0.05, 0) is 29.3 Å². The Morgan fingerprint density at radius 2 is 1.78 bits per heavy atom. The van der Waals surface area contributed by atoms with Gasteiger partial charge in [-0.3, -0.25) is 14.9 Å². The van der Waals surface area contributed by atoms with Crippen molar-refractivity contribution in [1.29, 1.82) is 0 Å². The number of carbonyl (C=O) groups excluding carboxylic acids is 2. The van der Waals surface area contributed by atoms with Gasteiger partial charge in [0.1, 0.15) is 0 Å². The Kier molecular flexibility index (Phi) is 3.72. The average Bonchev–Trinajstić information content (AvgIpc) is 2.38. The Labute approximate surface area is 106 Å². The lowest BCUT2D eigenvalue weighted by Crippen LogP contribution is -2.29. The van der Waals surface area contributed by atoms with Crippen LogP contribution >= 0.6 is 0 Å². The van der Waals surface area contributed by atoms with E-state index in [1.807, 2.05) is 37.3 Å². The minimum atomic E-state index is -0.334. The zero-order chi connectivity index (χ0) is 13.0. The SMILES string of the molecule is CCCC(=O)NC(=O)c1ccc2ccccc2c1. The van der Waals surface area contributed by atoms with Crippen LogP contribution in [0.2, 0.25) is 0 Å². The summed E-state index contributed by atoms with van der Waals surface area (Å²) < 4.78 is 0. The molecule has 0 radical (unpaired) electrons. The van der Waals surface area contributed by atoms with Gasteiger partial charge < -0.3 is 0 Å². The van der Waals surface area contributed by atoms with Gasteiger partial charge in [0.2, 0.25) is 5.91 Å². The van der Waals surface area contributed by atoms with E-state index >= 15 is 0 Å². The van der Waals surface area contributed by atoms with Crippen LogP contribution in [0.25, 0.3) is 10.8 Å². The second kappa shape index (κ2) is 5.45. The molecule has 0 aliphatic carbocycles. The van der Waals surface area contributed by atoms with Crippen LogP contribution in [0.4, 0.5) is 0 Å². The monoisotopic (exact) mass is 241 g/mol. The number of rotatable bonds is 3. The molecular weight excluding hydrogens is 226 g/mol. The topological polar surface area (TPSA) is 46.2 Å².